The van der Waals surface area contributed by atoms with Crippen LogP contribution < -0.4 is 10.9 Å². The Morgan fingerprint density at radius 2 is 2.05 bits per heavy atom. The van der Waals surface area contributed by atoms with Gasteiger partial charge in [-0.2, -0.15) is 5.10 Å². The molecule has 0 aliphatic carbocycles. The number of H-pyrrole nitrogens is 1. The summed E-state index contributed by atoms with van der Waals surface area (Å²) >= 11 is 0. The Morgan fingerprint density at radius 3 is 2.63 bits per heavy atom. The zero-order chi connectivity index (χ0) is 14.6. The van der Waals surface area contributed by atoms with Gasteiger partial charge in [0.05, 0.1) is 11.6 Å². The van der Waals surface area contributed by atoms with Gasteiger partial charge in [0.1, 0.15) is 5.56 Å². The van der Waals surface area contributed by atoms with Gasteiger partial charge < -0.3 is 10.4 Å². The molecule has 1 aromatic heterocycles. The van der Waals surface area contributed by atoms with Crippen molar-refractivity contribution in [3.63, 3.8) is 0 Å². The molecule has 1 heterocycles. The summed E-state index contributed by atoms with van der Waals surface area (Å²) in [6, 6.07) is 0. The molecule has 1 amide bonds. The van der Waals surface area contributed by atoms with E-state index in [1.165, 1.54) is 0 Å². The molecule has 1 unspecified atom stereocenters. The monoisotopic (exact) mass is 267 g/mol. The van der Waals surface area contributed by atoms with Gasteiger partial charge in [0, 0.05) is 6.54 Å². The van der Waals surface area contributed by atoms with Crippen molar-refractivity contribution in [3.05, 3.63) is 27.2 Å². The molecule has 7 nitrogen and oxygen atoms in total. The second-order valence-corrected chi connectivity index (χ2v) is 4.42. The molecule has 1 aromatic rings. The van der Waals surface area contributed by atoms with Crippen molar-refractivity contribution >= 4 is 11.9 Å². The fraction of sp³-hybridized carbons (Fsp3) is 0.500. The van der Waals surface area contributed by atoms with Crippen LogP contribution in [-0.4, -0.2) is 33.7 Å². The maximum atomic E-state index is 11.9. The number of aromatic nitrogens is 2. The first kappa shape index (κ1) is 14.9. The van der Waals surface area contributed by atoms with Crippen molar-refractivity contribution in [1.82, 2.24) is 15.5 Å². The van der Waals surface area contributed by atoms with E-state index in [1.807, 2.05) is 0 Å². The zero-order valence-corrected chi connectivity index (χ0v) is 11.1. The standard InChI is InChI=1S/C12H17N3O4/c1-6(12(18)19)4-5-13-10(16)9-7(2)8(3)14-15-11(9)17/h6H,4-5H2,1-3H3,(H,13,16)(H,15,17)(H,18,19). The molecular weight excluding hydrogens is 250 g/mol. The van der Waals surface area contributed by atoms with Crippen molar-refractivity contribution in [1.29, 1.82) is 0 Å². The van der Waals surface area contributed by atoms with E-state index < -0.39 is 23.4 Å². The minimum atomic E-state index is -0.914. The third-order valence-electron chi connectivity index (χ3n) is 2.98. The highest BCUT2D eigenvalue weighted by molar-refractivity contribution is 5.95. The number of amides is 1. The first-order chi connectivity index (χ1) is 8.84. The second kappa shape index (κ2) is 6.12. The van der Waals surface area contributed by atoms with Gasteiger partial charge in [0.2, 0.25) is 0 Å². The molecule has 0 fully saturated rings. The zero-order valence-electron chi connectivity index (χ0n) is 11.1. The van der Waals surface area contributed by atoms with E-state index in [4.69, 9.17) is 5.11 Å². The van der Waals surface area contributed by atoms with Gasteiger partial charge in [-0.25, -0.2) is 5.10 Å². The number of rotatable bonds is 5. The number of aromatic amines is 1. The van der Waals surface area contributed by atoms with E-state index in [-0.39, 0.29) is 12.1 Å². The van der Waals surface area contributed by atoms with Crippen LogP contribution in [0.4, 0.5) is 0 Å². The van der Waals surface area contributed by atoms with Crippen molar-refractivity contribution in [2.24, 2.45) is 5.92 Å². The van der Waals surface area contributed by atoms with Crippen molar-refractivity contribution < 1.29 is 14.7 Å². The molecule has 7 heteroatoms. The number of carbonyl (C=O) groups is 2. The van der Waals surface area contributed by atoms with Crippen molar-refractivity contribution in [2.45, 2.75) is 27.2 Å². The molecular formula is C12H17N3O4. The van der Waals surface area contributed by atoms with Crippen LogP contribution in [0.2, 0.25) is 0 Å². The Hall–Kier alpha value is -2.18. The van der Waals surface area contributed by atoms with Gasteiger partial charge in [-0.05, 0) is 25.8 Å². The maximum absolute atomic E-state index is 11.9. The quantitative estimate of drug-likeness (QED) is 0.706. The lowest BCUT2D eigenvalue weighted by molar-refractivity contribution is -0.141. The lowest BCUT2D eigenvalue weighted by Gasteiger charge is -2.09. The molecule has 1 atom stereocenters. The first-order valence-electron chi connectivity index (χ1n) is 5.91. The van der Waals surface area contributed by atoms with Crippen molar-refractivity contribution in [3.8, 4) is 0 Å². The Bertz CT molecular complexity index is 550. The molecule has 0 spiro atoms. The summed E-state index contributed by atoms with van der Waals surface area (Å²) in [4.78, 5) is 34.1. The number of hydrogen-bond acceptors (Lipinski definition) is 4. The minimum absolute atomic E-state index is 0.0236. The van der Waals surface area contributed by atoms with Crippen molar-refractivity contribution in [2.75, 3.05) is 6.54 Å². The number of nitrogens with one attached hydrogen (secondary N) is 2. The third-order valence-corrected chi connectivity index (χ3v) is 2.98. The summed E-state index contributed by atoms with van der Waals surface area (Å²) in [5, 5.41) is 17.3. The van der Waals surface area contributed by atoms with Crippen LogP contribution in [-0.2, 0) is 4.79 Å². The summed E-state index contributed by atoms with van der Waals surface area (Å²) in [6.07, 6.45) is 0.308. The van der Waals surface area contributed by atoms with Crippen LogP contribution in [0.5, 0.6) is 0 Å². The molecule has 0 aliphatic heterocycles. The summed E-state index contributed by atoms with van der Waals surface area (Å²) in [5.74, 6) is -1.97. The Morgan fingerprint density at radius 1 is 1.42 bits per heavy atom. The van der Waals surface area contributed by atoms with E-state index in [0.29, 0.717) is 17.7 Å². The van der Waals surface area contributed by atoms with E-state index >= 15 is 0 Å². The molecule has 0 saturated heterocycles. The molecule has 0 saturated carbocycles. The second-order valence-electron chi connectivity index (χ2n) is 4.42. The summed E-state index contributed by atoms with van der Waals surface area (Å²) < 4.78 is 0. The van der Waals surface area contributed by atoms with Gasteiger partial charge in [-0.1, -0.05) is 6.92 Å². The van der Waals surface area contributed by atoms with E-state index in [0.717, 1.165) is 0 Å². The predicted molar refractivity (Wildman–Crippen MR) is 68.1 cm³/mol. The Kier molecular flexibility index (Phi) is 4.80. The summed E-state index contributed by atoms with van der Waals surface area (Å²) in [6.45, 7) is 5.09. The number of carboxylic acids is 1. The number of aliphatic carboxylic acids is 1. The average molecular weight is 267 g/mol. The molecule has 0 bridgehead atoms. The highest BCUT2D eigenvalue weighted by Gasteiger charge is 2.17. The van der Waals surface area contributed by atoms with Crippen LogP contribution in [0.1, 0.15) is 35.0 Å². The number of hydrogen-bond donors (Lipinski definition) is 3. The third kappa shape index (κ3) is 3.64. The normalized spacial score (nSPS) is 11.9. The molecule has 104 valence electrons. The van der Waals surface area contributed by atoms with Crippen LogP contribution in [0, 0.1) is 19.8 Å². The smallest absolute Gasteiger partial charge is 0.306 e. The number of carboxylic acid groups (broad SMARTS) is 1. The van der Waals surface area contributed by atoms with Gasteiger partial charge in [-0.3, -0.25) is 14.4 Å². The van der Waals surface area contributed by atoms with E-state index in [2.05, 4.69) is 15.5 Å². The lowest BCUT2D eigenvalue weighted by atomic mass is 10.1. The van der Waals surface area contributed by atoms with Crippen LogP contribution in [0.3, 0.4) is 0 Å². The SMILES string of the molecule is Cc1n[nH]c(=O)c(C(=O)NCCC(C)C(=O)O)c1C. The van der Waals surface area contributed by atoms with E-state index in [1.54, 1.807) is 20.8 Å². The Balaban J connectivity index is 2.72. The van der Waals surface area contributed by atoms with E-state index in [9.17, 15) is 14.4 Å². The minimum Gasteiger partial charge on any atom is -0.481 e. The van der Waals surface area contributed by atoms with Gasteiger partial charge >= 0.3 is 5.97 Å². The fourth-order valence-electron chi connectivity index (χ4n) is 1.51. The van der Waals surface area contributed by atoms with Gasteiger partial charge in [0.25, 0.3) is 11.5 Å². The predicted octanol–water partition coefficient (Wildman–Crippen LogP) is 0.227. The highest BCUT2D eigenvalue weighted by atomic mass is 16.4. The molecule has 19 heavy (non-hydrogen) atoms. The summed E-state index contributed by atoms with van der Waals surface area (Å²) in [5.41, 5.74) is 0.568. The topological polar surface area (TPSA) is 112 Å². The first-order valence-corrected chi connectivity index (χ1v) is 5.91. The molecule has 0 aromatic carbocycles. The Labute approximate surface area is 110 Å². The molecule has 3 N–H and O–H groups in total. The van der Waals surface area contributed by atoms with Gasteiger partial charge in [-0.15, -0.1) is 0 Å². The maximum Gasteiger partial charge on any atom is 0.306 e. The van der Waals surface area contributed by atoms with Crippen LogP contribution >= 0.6 is 0 Å². The van der Waals surface area contributed by atoms with Crippen LogP contribution in [0.25, 0.3) is 0 Å². The molecule has 1 rings (SSSR count). The van der Waals surface area contributed by atoms with Crippen LogP contribution in [0.15, 0.2) is 4.79 Å². The highest BCUT2D eigenvalue weighted by Crippen LogP contribution is 2.05. The number of aryl methyl sites for hydroxylation is 1. The average Bonchev–Trinajstić information content (AvgIpc) is 2.34. The fourth-order valence-corrected chi connectivity index (χ4v) is 1.51. The largest absolute Gasteiger partial charge is 0.481 e. The number of nitrogens with zero attached hydrogens (tertiary/aromatic N) is 1. The summed E-state index contributed by atoms with van der Waals surface area (Å²) in [7, 11) is 0. The molecule has 0 aliphatic rings. The van der Waals surface area contributed by atoms with Gasteiger partial charge in [0.15, 0.2) is 0 Å². The lowest BCUT2D eigenvalue weighted by Crippen LogP contribution is -2.33. The molecule has 0 radical (unpaired) electrons. The number of carbonyl (C=O) groups excluding carboxylic acids is 1.